The number of halogens is 3. The van der Waals surface area contributed by atoms with Crippen LogP contribution in [0.3, 0.4) is 0 Å². The van der Waals surface area contributed by atoms with E-state index in [1.807, 2.05) is 31.2 Å². The van der Waals surface area contributed by atoms with Crippen LogP contribution in [0.25, 0.3) is 0 Å². The first-order valence-electron chi connectivity index (χ1n) is 4.75. The van der Waals surface area contributed by atoms with Gasteiger partial charge in [-0.05, 0) is 19.4 Å². The average Bonchev–Trinajstić information content (AvgIpc) is 2.13. The van der Waals surface area contributed by atoms with E-state index in [0.29, 0.717) is 0 Å². The second-order valence-corrected chi connectivity index (χ2v) is 3.63. The number of rotatable bonds is 3. The SMILES string of the molecule is Cc1cccc([C@@H](C)NCC(F)(F)F)c1. The third-order valence-corrected chi connectivity index (χ3v) is 2.15. The van der Waals surface area contributed by atoms with E-state index in [1.54, 1.807) is 6.92 Å². The second-order valence-electron chi connectivity index (χ2n) is 3.63. The molecule has 1 rings (SSSR count). The highest BCUT2D eigenvalue weighted by atomic mass is 19.4. The Morgan fingerprint density at radius 2 is 2.00 bits per heavy atom. The van der Waals surface area contributed by atoms with E-state index in [1.165, 1.54) is 0 Å². The predicted octanol–water partition coefficient (Wildman–Crippen LogP) is 3.21. The van der Waals surface area contributed by atoms with E-state index in [4.69, 9.17) is 0 Å². The van der Waals surface area contributed by atoms with Gasteiger partial charge in [-0.1, -0.05) is 29.8 Å². The van der Waals surface area contributed by atoms with Crippen LogP contribution in [0.1, 0.15) is 24.1 Å². The molecule has 0 aliphatic heterocycles. The molecule has 0 bridgehead atoms. The molecule has 0 aromatic heterocycles. The van der Waals surface area contributed by atoms with Gasteiger partial charge in [0.2, 0.25) is 0 Å². The van der Waals surface area contributed by atoms with Crippen LogP contribution in [-0.4, -0.2) is 12.7 Å². The highest BCUT2D eigenvalue weighted by Crippen LogP contribution is 2.17. The summed E-state index contributed by atoms with van der Waals surface area (Å²) in [7, 11) is 0. The molecule has 0 aliphatic carbocycles. The summed E-state index contributed by atoms with van der Waals surface area (Å²) >= 11 is 0. The molecule has 0 fully saturated rings. The maximum absolute atomic E-state index is 11.9. The van der Waals surface area contributed by atoms with Crippen molar-refractivity contribution in [3.05, 3.63) is 35.4 Å². The van der Waals surface area contributed by atoms with E-state index >= 15 is 0 Å². The van der Waals surface area contributed by atoms with Crippen molar-refractivity contribution in [2.24, 2.45) is 0 Å². The Hall–Kier alpha value is -1.03. The van der Waals surface area contributed by atoms with Crippen LogP contribution in [0.15, 0.2) is 24.3 Å². The van der Waals surface area contributed by atoms with Crippen molar-refractivity contribution in [1.82, 2.24) is 5.32 Å². The number of alkyl halides is 3. The van der Waals surface area contributed by atoms with Crippen molar-refractivity contribution in [3.63, 3.8) is 0 Å². The Bertz CT molecular complexity index is 320. The van der Waals surface area contributed by atoms with Gasteiger partial charge in [-0.25, -0.2) is 0 Å². The summed E-state index contributed by atoms with van der Waals surface area (Å²) in [5.41, 5.74) is 1.92. The topological polar surface area (TPSA) is 12.0 Å². The second kappa shape index (κ2) is 4.66. The largest absolute Gasteiger partial charge is 0.401 e. The van der Waals surface area contributed by atoms with Gasteiger partial charge in [-0.3, -0.25) is 0 Å². The maximum atomic E-state index is 11.9. The van der Waals surface area contributed by atoms with Gasteiger partial charge in [0.1, 0.15) is 0 Å². The first-order chi connectivity index (χ1) is 6.88. The molecule has 1 nitrogen and oxygen atoms in total. The van der Waals surface area contributed by atoms with Crippen molar-refractivity contribution in [1.29, 1.82) is 0 Å². The molecule has 0 amide bonds. The van der Waals surface area contributed by atoms with Gasteiger partial charge in [-0.15, -0.1) is 0 Å². The average molecular weight is 217 g/mol. The lowest BCUT2D eigenvalue weighted by atomic mass is 10.1. The minimum atomic E-state index is -4.15. The van der Waals surface area contributed by atoms with E-state index in [0.717, 1.165) is 11.1 Å². The fraction of sp³-hybridized carbons (Fsp3) is 0.455. The number of hydrogen-bond acceptors (Lipinski definition) is 1. The molecule has 1 aromatic carbocycles. The van der Waals surface area contributed by atoms with Crippen LogP contribution in [0.5, 0.6) is 0 Å². The normalized spacial score (nSPS) is 13.9. The third kappa shape index (κ3) is 4.34. The van der Waals surface area contributed by atoms with Crippen LogP contribution < -0.4 is 5.32 Å². The van der Waals surface area contributed by atoms with Gasteiger partial charge in [0.05, 0.1) is 6.54 Å². The fourth-order valence-corrected chi connectivity index (χ4v) is 1.33. The van der Waals surface area contributed by atoms with Crippen LogP contribution >= 0.6 is 0 Å². The van der Waals surface area contributed by atoms with Crippen molar-refractivity contribution >= 4 is 0 Å². The van der Waals surface area contributed by atoms with Crippen molar-refractivity contribution in [3.8, 4) is 0 Å². The molecule has 0 aliphatic rings. The highest BCUT2D eigenvalue weighted by Gasteiger charge is 2.27. The summed E-state index contributed by atoms with van der Waals surface area (Å²) in [5.74, 6) is 0. The predicted molar refractivity (Wildman–Crippen MR) is 53.7 cm³/mol. The molecule has 1 atom stereocenters. The molecule has 0 saturated carbocycles. The zero-order valence-electron chi connectivity index (χ0n) is 8.73. The number of hydrogen-bond donors (Lipinski definition) is 1. The third-order valence-electron chi connectivity index (χ3n) is 2.15. The lowest BCUT2D eigenvalue weighted by Gasteiger charge is -2.16. The molecule has 4 heteroatoms. The Morgan fingerprint density at radius 3 is 2.53 bits per heavy atom. The van der Waals surface area contributed by atoms with E-state index < -0.39 is 12.7 Å². The Balaban J connectivity index is 2.58. The van der Waals surface area contributed by atoms with Crippen LogP contribution in [0.4, 0.5) is 13.2 Å². The molecule has 84 valence electrons. The smallest absolute Gasteiger partial charge is 0.302 e. The lowest BCUT2D eigenvalue weighted by molar-refractivity contribution is -0.126. The zero-order valence-corrected chi connectivity index (χ0v) is 8.73. The van der Waals surface area contributed by atoms with E-state index in [2.05, 4.69) is 5.32 Å². The van der Waals surface area contributed by atoms with E-state index in [9.17, 15) is 13.2 Å². The van der Waals surface area contributed by atoms with Crippen molar-refractivity contribution in [2.45, 2.75) is 26.1 Å². The van der Waals surface area contributed by atoms with E-state index in [-0.39, 0.29) is 6.04 Å². The van der Waals surface area contributed by atoms with Gasteiger partial charge >= 0.3 is 6.18 Å². The van der Waals surface area contributed by atoms with Crippen LogP contribution in [0.2, 0.25) is 0 Å². The summed E-state index contributed by atoms with van der Waals surface area (Å²) in [5, 5.41) is 2.44. The molecule has 0 spiro atoms. The molecular formula is C11H14F3N. The minimum Gasteiger partial charge on any atom is -0.302 e. The fourth-order valence-electron chi connectivity index (χ4n) is 1.33. The van der Waals surface area contributed by atoms with Gasteiger partial charge in [-0.2, -0.15) is 13.2 Å². The quantitative estimate of drug-likeness (QED) is 0.819. The summed E-state index contributed by atoms with van der Waals surface area (Å²) in [4.78, 5) is 0. The summed E-state index contributed by atoms with van der Waals surface area (Å²) < 4.78 is 35.8. The van der Waals surface area contributed by atoms with Gasteiger partial charge in [0, 0.05) is 6.04 Å². The summed E-state index contributed by atoms with van der Waals surface area (Å²) in [6.45, 7) is 2.68. The highest BCUT2D eigenvalue weighted by molar-refractivity contribution is 5.24. The Morgan fingerprint density at radius 1 is 1.33 bits per heavy atom. The van der Waals surface area contributed by atoms with Gasteiger partial charge in [0.25, 0.3) is 0 Å². The molecule has 0 heterocycles. The number of aryl methyl sites for hydroxylation is 1. The first kappa shape index (κ1) is 12.0. The molecule has 0 unspecified atom stereocenters. The van der Waals surface area contributed by atoms with Gasteiger partial charge < -0.3 is 5.32 Å². The molecule has 15 heavy (non-hydrogen) atoms. The molecule has 1 aromatic rings. The molecule has 1 N–H and O–H groups in total. The zero-order chi connectivity index (χ0) is 11.5. The number of benzene rings is 1. The minimum absolute atomic E-state index is 0.286. The molecule has 0 saturated heterocycles. The Kier molecular flexibility index (Phi) is 3.74. The monoisotopic (exact) mass is 217 g/mol. The first-order valence-corrected chi connectivity index (χ1v) is 4.75. The maximum Gasteiger partial charge on any atom is 0.401 e. The molecule has 0 radical (unpaired) electrons. The van der Waals surface area contributed by atoms with Crippen molar-refractivity contribution < 1.29 is 13.2 Å². The molecular weight excluding hydrogens is 203 g/mol. The van der Waals surface area contributed by atoms with Crippen LogP contribution in [-0.2, 0) is 0 Å². The standard InChI is InChI=1S/C11H14F3N/c1-8-4-3-5-10(6-8)9(2)15-7-11(12,13)14/h3-6,9,15H,7H2,1-2H3/t9-/m1/s1. The van der Waals surface area contributed by atoms with Gasteiger partial charge in [0.15, 0.2) is 0 Å². The lowest BCUT2D eigenvalue weighted by Crippen LogP contribution is -2.30. The Labute approximate surface area is 87.3 Å². The summed E-state index contributed by atoms with van der Waals surface area (Å²) in [6.07, 6.45) is -4.15. The van der Waals surface area contributed by atoms with Crippen molar-refractivity contribution in [2.75, 3.05) is 6.54 Å². The summed E-state index contributed by atoms with van der Waals surface area (Å²) in [6, 6.07) is 7.18. The van der Waals surface area contributed by atoms with Crippen LogP contribution in [0, 0.1) is 6.92 Å². The number of nitrogens with one attached hydrogen (secondary N) is 1.